The highest BCUT2D eigenvalue weighted by Gasteiger charge is 2.19. The zero-order valence-electron chi connectivity index (χ0n) is 7.68. The summed E-state index contributed by atoms with van der Waals surface area (Å²) in [5.74, 6) is 0. The van der Waals surface area contributed by atoms with Gasteiger partial charge in [-0.3, -0.25) is 4.90 Å². The molecule has 1 aliphatic rings. The lowest BCUT2D eigenvalue weighted by Crippen LogP contribution is -2.22. The zero-order chi connectivity index (χ0) is 8.10. The van der Waals surface area contributed by atoms with Gasteiger partial charge >= 0.3 is 0 Å². The fourth-order valence-corrected chi connectivity index (χ4v) is 1.85. The van der Waals surface area contributed by atoms with Crippen molar-refractivity contribution in [2.45, 2.75) is 51.5 Å². The molecule has 1 aliphatic heterocycles. The number of unbranched alkanes of at least 4 members (excludes halogenated alkanes) is 2. The minimum absolute atomic E-state index is 0.807. The highest BCUT2D eigenvalue weighted by molar-refractivity contribution is 4.77. The van der Waals surface area contributed by atoms with E-state index in [9.17, 15) is 0 Å². The molecule has 1 nitrogen and oxygen atoms in total. The van der Waals surface area contributed by atoms with Crippen molar-refractivity contribution in [3.8, 4) is 0 Å². The molecule has 1 atom stereocenters. The van der Waals surface area contributed by atoms with Crippen molar-refractivity contribution in [1.29, 1.82) is 0 Å². The molecule has 1 saturated heterocycles. The van der Waals surface area contributed by atoms with Gasteiger partial charge in [0.1, 0.15) is 0 Å². The average molecular weight is 154 g/mol. The normalized spacial score (nSPS) is 26.2. The topological polar surface area (TPSA) is 3.24 Å². The minimum Gasteiger partial charge on any atom is -0.299 e. The molecule has 1 fully saturated rings. The van der Waals surface area contributed by atoms with Crippen LogP contribution in [0.2, 0.25) is 0 Å². The van der Waals surface area contributed by atoms with E-state index in [0.29, 0.717) is 0 Å². The molecule has 0 aromatic carbocycles. The first-order valence-corrected chi connectivity index (χ1v) is 4.91. The van der Waals surface area contributed by atoms with Crippen molar-refractivity contribution < 1.29 is 0 Å². The van der Waals surface area contributed by atoms with Gasteiger partial charge in [0.05, 0.1) is 0 Å². The first-order chi connectivity index (χ1) is 5.34. The molecule has 0 aromatic heterocycles. The van der Waals surface area contributed by atoms with E-state index in [2.05, 4.69) is 18.9 Å². The van der Waals surface area contributed by atoms with E-state index in [1.165, 1.54) is 45.1 Å². The first kappa shape index (κ1) is 9.05. The van der Waals surface area contributed by atoms with Gasteiger partial charge in [0.15, 0.2) is 0 Å². The summed E-state index contributed by atoms with van der Waals surface area (Å²) in [4.78, 5) is 2.27. The van der Waals surface area contributed by atoms with E-state index < -0.39 is 0 Å². The van der Waals surface area contributed by atoms with E-state index >= 15 is 0 Å². The van der Waals surface area contributed by atoms with Crippen molar-refractivity contribution in [2.24, 2.45) is 0 Å². The van der Waals surface area contributed by atoms with Crippen LogP contribution in [0.15, 0.2) is 0 Å². The van der Waals surface area contributed by atoms with Crippen LogP contribution in [-0.4, -0.2) is 17.5 Å². The summed E-state index contributed by atoms with van der Waals surface area (Å²) in [7, 11) is 4.03. The van der Waals surface area contributed by atoms with E-state index in [-0.39, 0.29) is 0 Å². The molecule has 1 heteroatoms. The summed E-state index contributed by atoms with van der Waals surface area (Å²) >= 11 is 0. The third-order valence-electron chi connectivity index (χ3n) is 2.64. The Bertz CT molecular complexity index is 101. The molecule has 1 radical (unpaired) electrons. The van der Waals surface area contributed by atoms with Crippen LogP contribution in [-0.2, 0) is 0 Å². The summed E-state index contributed by atoms with van der Waals surface area (Å²) in [6.45, 7) is 3.48. The number of hydrogen-bond donors (Lipinski definition) is 0. The lowest BCUT2D eigenvalue weighted by molar-refractivity contribution is 0.319. The molecule has 0 bridgehead atoms. The molecule has 1 heterocycles. The highest BCUT2D eigenvalue weighted by Crippen LogP contribution is 2.20. The molecular formula is C10H20N. The van der Waals surface area contributed by atoms with Crippen molar-refractivity contribution in [2.75, 3.05) is 6.54 Å². The molecule has 0 aliphatic carbocycles. The fourth-order valence-electron chi connectivity index (χ4n) is 1.85. The largest absolute Gasteiger partial charge is 0.299 e. The summed E-state index contributed by atoms with van der Waals surface area (Å²) in [6, 6.07) is 0.807. The number of likely N-dealkylation sites (tertiary alicyclic amines) is 1. The van der Waals surface area contributed by atoms with Crippen molar-refractivity contribution in [1.82, 2.24) is 4.90 Å². The second kappa shape index (κ2) is 4.76. The molecule has 0 amide bonds. The highest BCUT2D eigenvalue weighted by atomic mass is 15.1. The first-order valence-electron chi connectivity index (χ1n) is 4.91. The summed E-state index contributed by atoms with van der Waals surface area (Å²) in [6.07, 6.45) is 8.24. The third kappa shape index (κ3) is 2.82. The number of rotatable bonds is 4. The zero-order valence-corrected chi connectivity index (χ0v) is 7.68. The standard InChI is InChI=1S/C10H20N/c1-3-4-5-7-10-8-6-9-11(10)2/h10H,2-9H2,1H3. The van der Waals surface area contributed by atoms with Crippen LogP contribution < -0.4 is 0 Å². The predicted octanol–water partition coefficient (Wildman–Crippen LogP) is 2.82. The Hall–Kier alpha value is -0.0400. The minimum atomic E-state index is 0.807. The smallest absolute Gasteiger partial charge is 0.0112 e. The molecule has 0 N–H and O–H groups in total. The Balaban J connectivity index is 2.05. The maximum absolute atomic E-state index is 4.03. The van der Waals surface area contributed by atoms with Gasteiger partial charge < -0.3 is 0 Å². The van der Waals surface area contributed by atoms with Crippen LogP contribution in [0.4, 0.5) is 0 Å². The van der Waals surface area contributed by atoms with E-state index in [1.807, 2.05) is 0 Å². The van der Waals surface area contributed by atoms with E-state index in [1.54, 1.807) is 0 Å². The van der Waals surface area contributed by atoms with Gasteiger partial charge in [-0.1, -0.05) is 26.2 Å². The van der Waals surface area contributed by atoms with Gasteiger partial charge in [0.2, 0.25) is 0 Å². The molecule has 11 heavy (non-hydrogen) atoms. The molecule has 65 valence electrons. The Kier molecular flexibility index (Phi) is 3.92. The van der Waals surface area contributed by atoms with Crippen molar-refractivity contribution in [3.05, 3.63) is 7.05 Å². The fraction of sp³-hybridized carbons (Fsp3) is 0.900. The Labute approximate surface area is 70.8 Å². The molecule has 0 spiro atoms. The Morgan fingerprint density at radius 1 is 1.45 bits per heavy atom. The molecular weight excluding hydrogens is 134 g/mol. The lowest BCUT2D eigenvalue weighted by Gasteiger charge is -2.18. The summed E-state index contributed by atoms with van der Waals surface area (Å²) in [5.41, 5.74) is 0. The van der Waals surface area contributed by atoms with Crippen LogP contribution in [0.5, 0.6) is 0 Å². The van der Waals surface area contributed by atoms with Gasteiger partial charge in [-0.2, -0.15) is 0 Å². The number of nitrogens with zero attached hydrogens (tertiary/aromatic N) is 1. The van der Waals surface area contributed by atoms with Crippen molar-refractivity contribution >= 4 is 0 Å². The quantitative estimate of drug-likeness (QED) is 0.563. The van der Waals surface area contributed by atoms with Crippen LogP contribution in [0, 0.1) is 7.05 Å². The summed E-state index contributed by atoms with van der Waals surface area (Å²) < 4.78 is 0. The monoisotopic (exact) mass is 154 g/mol. The number of hydrogen-bond acceptors (Lipinski definition) is 1. The second-order valence-corrected chi connectivity index (χ2v) is 3.60. The average Bonchev–Trinajstić information content (AvgIpc) is 2.37. The molecule has 1 unspecified atom stereocenters. The van der Waals surface area contributed by atoms with Crippen LogP contribution >= 0.6 is 0 Å². The van der Waals surface area contributed by atoms with Gasteiger partial charge in [-0.15, -0.1) is 0 Å². The Morgan fingerprint density at radius 3 is 2.82 bits per heavy atom. The van der Waals surface area contributed by atoms with Gasteiger partial charge in [-0.25, -0.2) is 0 Å². The van der Waals surface area contributed by atoms with Crippen LogP contribution in [0.3, 0.4) is 0 Å². The van der Waals surface area contributed by atoms with E-state index in [0.717, 1.165) is 6.04 Å². The Morgan fingerprint density at radius 2 is 2.27 bits per heavy atom. The summed E-state index contributed by atoms with van der Waals surface area (Å²) in [5, 5.41) is 0. The molecule has 0 saturated carbocycles. The molecule has 0 aromatic rings. The van der Waals surface area contributed by atoms with Crippen LogP contribution in [0.25, 0.3) is 0 Å². The van der Waals surface area contributed by atoms with Gasteiger partial charge in [0, 0.05) is 13.1 Å². The predicted molar refractivity (Wildman–Crippen MR) is 49.2 cm³/mol. The van der Waals surface area contributed by atoms with Gasteiger partial charge in [0.25, 0.3) is 0 Å². The van der Waals surface area contributed by atoms with Gasteiger partial charge in [-0.05, 0) is 25.8 Å². The molecule has 1 rings (SSSR count). The van der Waals surface area contributed by atoms with E-state index in [4.69, 9.17) is 0 Å². The lowest BCUT2D eigenvalue weighted by atomic mass is 10.1. The van der Waals surface area contributed by atoms with Crippen molar-refractivity contribution in [3.63, 3.8) is 0 Å². The second-order valence-electron chi connectivity index (χ2n) is 3.60. The maximum atomic E-state index is 4.03. The van der Waals surface area contributed by atoms with Crippen LogP contribution in [0.1, 0.15) is 45.4 Å². The SMILES string of the molecule is [CH2]N1CCCC1CCCCC. The maximum Gasteiger partial charge on any atom is 0.0112 e. The third-order valence-corrected chi connectivity index (χ3v) is 2.64.